The normalized spacial score (nSPS) is 11.1. The highest BCUT2D eigenvalue weighted by Crippen LogP contribution is 2.34. The summed E-state index contributed by atoms with van der Waals surface area (Å²) in [6.07, 6.45) is 0. The number of aliphatic hydroxyl groups excluding tert-OH is 1. The number of rotatable bonds is 1. The first-order valence-electron chi connectivity index (χ1n) is 3.98. The highest BCUT2D eigenvalue weighted by Gasteiger charge is 2.11. The van der Waals surface area contributed by atoms with E-state index in [0.717, 1.165) is 25.3 Å². The quantitative estimate of drug-likeness (QED) is 0.872. The lowest BCUT2D eigenvalue weighted by Crippen LogP contribution is -1.89. The van der Waals surface area contributed by atoms with Gasteiger partial charge in [-0.15, -0.1) is 11.3 Å². The second-order valence-corrected chi connectivity index (χ2v) is 5.63. The minimum atomic E-state index is 0.0109. The van der Waals surface area contributed by atoms with Gasteiger partial charge in [-0.3, -0.25) is 0 Å². The Labute approximate surface area is 98.7 Å². The number of thiazole rings is 1. The molecule has 0 aliphatic rings. The van der Waals surface area contributed by atoms with Gasteiger partial charge in [-0.05, 0) is 40.0 Å². The van der Waals surface area contributed by atoms with Crippen LogP contribution in [0.4, 0.5) is 0 Å². The molecule has 2 rings (SSSR count). The molecule has 0 aliphatic heterocycles. The second kappa shape index (κ2) is 3.77. The van der Waals surface area contributed by atoms with Gasteiger partial charge in [-0.1, -0.05) is 11.6 Å². The Morgan fingerprint density at radius 2 is 2.36 bits per heavy atom. The number of benzene rings is 1. The van der Waals surface area contributed by atoms with E-state index in [-0.39, 0.29) is 6.61 Å². The first kappa shape index (κ1) is 10.4. The van der Waals surface area contributed by atoms with Gasteiger partial charge in [-0.25, -0.2) is 4.98 Å². The molecule has 1 aromatic heterocycles. The van der Waals surface area contributed by atoms with Crippen LogP contribution in [0.2, 0.25) is 5.02 Å². The van der Waals surface area contributed by atoms with Crippen LogP contribution in [0.25, 0.3) is 10.2 Å². The van der Waals surface area contributed by atoms with Gasteiger partial charge in [0.15, 0.2) is 3.92 Å². The molecule has 74 valence electrons. The number of aromatic nitrogens is 1. The van der Waals surface area contributed by atoms with Crippen LogP contribution >= 0.6 is 38.9 Å². The first-order valence-corrected chi connectivity index (χ1v) is 5.97. The molecular formula is C9H7BrClNOS. The fraction of sp³-hybridized carbons (Fsp3) is 0.222. The van der Waals surface area contributed by atoms with E-state index in [9.17, 15) is 0 Å². The van der Waals surface area contributed by atoms with Crippen LogP contribution in [0.1, 0.15) is 11.1 Å². The molecule has 1 N–H and O–H groups in total. The maximum atomic E-state index is 9.12. The third-order valence-corrected chi connectivity index (χ3v) is 4.04. The van der Waals surface area contributed by atoms with E-state index in [1.165, 1.54) is 11.3 Å². The van der Waals surface area contributed by atoms with Crippen molar-refractivity contribution in [3.05, 3.63) is 26.1 Å². The Morgan fingerprint density at radius 3 is 3.00 bits per heavy atom. The van der Waals surface area contributed by atoms with Gasteiger partial charge in [0.1, 0.15) is 5.52 Å². The van der Waals surface area contributed by atoms with Crippen molar-refractivity contribution in [3.63, 3.8) is 0 Å². The SMILES string of the molecule is Cc1c(CO)cc2sc(Br)nc2c1Cl. The fourth-order valence-corrected chi connectivity index (χ4v) is 3.10. The lowest BCUT2D eigenvalue weighted by Gasteiger charge is -2.04. The molecule has 1 heterocycles. The van der Waals surface area contributed by atoms with Gasteiger partial charge < -0.3 is 5.11 Å². The molecule has 1 aromatic carbocycles. The van der Waals surface area contributed by atoms with Gasteiger partial charge in [0.2, 0.25) is 0 Å². The van der Waals surface area contributed by atoms with E-state index in [1.54, 1.807) is 0 Å². The molecule has 0 radical (unpaired) electrons. The summed E-state index contributed by atoms with van der Waals surface area (Å²) >= 11 is 11.0. The monoisotopic (exact) mass is 291 g/mol. The van der Waals surface area contributed by atoms with Crippen molar-refractivity contribution < 1.29 is 5.11 Å². The molecule has 0 fully saturated rings. The van der Waals surface area contributed by atoms with Crippen LogP contribution in [0, 0.1) is 6.92 Å². The Balaban J connectivity index is 2.84. The molecular weight excluding hydrogens is 286 g/mol. The lowest BCUT2D eigenvalue weighted by atomic mass is 10.1. The summed E-state index contributed by atoms with van der Waals surface area (Å²) in [5.74, 6) is 0. The van der Waals surface area contributed by atoms with Crippen LogP contribution in [0.5, 0.6) is 0 Å². The zero-order chi connectivity index (χ0) is 10.3. The lowest BCUT2D eigenvalue weighted by molar-refractivity contribution is 0.281. The minimum absolute atomic E-state index is 0.0109. The number of aliphatic hydroxyl groups is 1. The smallest absolute Gasteiger partial charge is 0.160 e. The zero-order valence-electron chi connectivity index (χ0n) is 7.34. The van der Waals surface area contributed by atoms with E-state index in [1.807, 2.05) is 13.0 Å². The van der Waals surface area contributed by atoms with Gasteiger partial charge in [0, 0.05) is 0 Å². The summed E-state index contributed by atoms with van der Waals surface area (Å²) in [6, 6.07) is 1.93. The molecule has 5 heteroatoms. The van der Waals surface area contributed by atoms with E-state index in [4.69, 9.17) is 16.7 Å². The van der Waals surface area contributed by atoms with E-state index >= 15 is 0 Å². The average molecular weight is 293 g/mol. The van der Waals surface area contributed by atoms with Crippen LogP contribution in [-0.4, -0.2) is 10.1 Å². The molecule has 0 spiro atoms. The van der Waals surface area contributed by atoms with Crippen LogP contribution < -0.4 is 0 Å². The maximum Gasteiger partial charge on any atom is 0.160 e. The summed E-state index contributed by atoms with van der Waals surface area (Å²) in [6.45, 7) is 1.90. The molecule has 0 amide bonds. The molecule has 0 unspecified atom stereocenters. The number of nitrogens with zero attached hydrogens (tertiary/aromatic N) is 1. The van der Waals surface area contributed by atoms with Crippen molar-refractivity contribution >= 4 is 49.1 Å². The van der Waals surface area contributed by atoms with Crippen molar-refractivity contribution in [2.24, 2.45) is 0 Å². The standard InChI is InChI=1S/C9H7BrClNOS/c1-4-5(3-13)2-6-8(7(4)11)12-9(10)14-6/h2,13H,3H2,1H3. The van der Waals surface area contributed by atoms with Crippen molar-refractivity contribution in [1.29, 1.82) is 0 Å². The zero-order valence-corrected chi connectivity index (χ0v) is 10.5. The number of fused-ring (bicyclic) bond motifs is 1. The summed E-state index contributed by atoms with van der Waals surface area (Å²) < 4.78 is 1.81. The summed E-state index contributed by atoms with van der Waals surface area (Å²) in [4.78, 5) is 4.27. The van der Waals surface area contributed by atoms with Crippen molar-refractivity contribution in [3.8, 4) is 0 Å². The third-order valence-electron chi connectivity index (χ3n) is 2.12. The van der Waals surface area contributed by atoms with Gasteiger partial charge >= 0.3 is 0 Å². The Morgan fingerprint density at radius 1 is 1.64 bits per heavy atom. The third kappa shape index (κ3) is 1.56. The number of hydrogen-bond donors (Lipinski definition) is 1. The fourth-order valence-electron chi connectivity index (χ4n) is 1.31. The first-order chi connectivity index (χ1) is 6.63. The van der Waals surface area contributed by atoms with Gasteiger partial charge in [-0.2, -0.15) is 0 Å². The van der Waals surface area contributed by atoms with Crippen molar-refractivity contribution in [1.82, 2.24) is 4.98 Å². The molecule has 0 atom stereocenters. The van der Waals surface area contributed by atoms with Crippen molar-refractivity contribution in [2.75, 3.05) is 0 Å². The molecule has 2 nitrogen and oxygen atoms in total. The maximum absolute atomic E-state index is 9.12. The Bertz CT molecular complexity index is 497. The van der Waals surface area contributed by atoms with Crippen LogP contribution in [0.3, 0.4) is 0 Å². The van der Waals surface area contributed by atoms with Crippen LogP contribution in [0.15, 0.2) is 9.98 Å². The molecule has 14 heavy (non-hydrogen) atoms. The van der Waals surface area contributed by atoms with Gasteiger partial charge in [0.05, 0.1) is 16.3 Å². The number of halogens is 2. The van der Waals surface area contributed by atoms with E-state index in [0.29, 0.717) is 5.02 Å². The van der Waals surface area contributed by atoms with Gasteiger partial charge in [0.25, 0.3) is 0 Å². The van der Waals surface area contributed by atoms with Crippen LogP contribution in [-0.2, 0) is 6.61 Å². The summed E-state index contributed by atoms with van der Waals surface area (Å²) in [7, 11) is 0. The van der Waals surface area contributed by atoms with E-state index < -0.39 is 0 Å². The highest BCUT2D eigenvalue weighted by atomic mass is 79.9. The van der Waals surface area contributed by atoms with Crippen molar-refractivity contribution in [2.45, 2.75) is 13.5 Å². The molecule has 0 saturated heterocycles. The summed E-state index contributed by atoms with van der Waals surface area (Å²) in [5.41, 5.74) is 2.57. The largest absolute Gasteiger partial charge is 0.392 e. The topological polar surface area (TPSA) is 33.1 Å². The molecule has 0 saturated carbocycles. The minimum Gasteiger partial charge on any atom is -0.392 e. The number of hydrogen-bond acceptors (Lipinski definition) is 3. The van der Waals surface area contributed by atoms with E-state index in [2.05, 4.69) is 20.9 Å². The Kier molecular flexibility index (Phi) is 2.79. The Hall–Kier alpha value is -0.160. The molecule has 2 aromatic rings. The summed E-state index contributed by atoms with van der Waals surface area (Å²) in [5, 5.41) is 9.76. The second-order valence-electron chi connectivity index (χ2n) is 2.95. The molecule has 0 bridgehead atoms. The average Bonchev–Trinajstić information content (AvgIpc) is 2.52. The predicted octanol–water partition coefficient (Wildman–Crippen LogP) is 3.51. The highest BCUT2D eigenvalue weighted by molar-refractivity contribution is 9.11. The predicted molar refractivity (Wildman–Crippen MR) is 63.0 cm³/mol. The molecule has 0 aliphatic carbocycles.